The van der Waals surface area contributed by atoms with Crippen molar-refractivity contribution in [2.45, 2.75) is 6.92 Å². The molecule has 0 saturated heterocycles. The smallest absolute Gasteiger partial charge is 0.411 e. The number of carbonyl (C=O) groups is 2. The fourth-order valence-electron chi connectivity index (χ4n) is 1.93. The minimum absolute atomic E-state index is 0.106. The molecule has 7 heteroatoms. The van der Waals surface area contributed by atoms with E-state index in [1.807, 2.05) is 0 Å². The second-order valence-electron chi connectivity index (χ2n) is 4.51. The minimum Gasteiger partial charge on any atom is -0.478 e. The molecule has 2 aromatic rings. The van der Waals surface area contributed by atoms with E-state index in [0.717, 1.165) is 0 Å². The first-order chi connectivity index (χ1) is 11.0. The molecule has 0 bridgehead atoms. The first-order valence-corrected chi connectivity index (χ1v) is 7.21. The van der Waals surface area contributed by atoms with Crippen LogP contribution in [0.1, 0.15) is 17.3 Å². The van der Waals surface area contributed by atoms with E-state index in [4.69, 9.17) is 16.3 Å². The summed E-state index contributed by atoms with van der Waals surface area (Å²) in [6, 6.07) is 11.2. The number of hydrogen-bond donors (Lipinski definition) is 3. The van der Waals surface area contributed by atoms with Crippen LogP contribution in [-0.2, 0) is 4.74 Å². The van der Waals surface area contributed by atoms with Gasteiger partial charge >= 0.3 is 12.1 Å². The van der Waals surface area contributed by atoms with E-state index in [2.05, 4.69) is 10.6 Å². The number of hydrogen-bond acceptors (Lipinski definition) is 4. The molecule has 0 saturated carbocycles. The molecule has 2 rings (SSSR count). The average molecular weight is 335 g/mol. The minimum atomic E-state index is -1.06. The third kappa shape index (κ3) is 4.37. The van der Waals surface area contributed by atoms with Crippen molar-refractivity contribution in [1.29, 1.82) is 0 Å². The monoisotopic (exact) mass is 334 g/mol. The van der Waals surface area contributed by atoms with E-state index in [1.165, 1.54) is 6.07 Å². The first-order valence-electron chi connectivity index (χ1n) is 6.84. The van der Waals surface area contributed by atoms with E-state index in [0.29, 0.717) is 22.1 Å². The molecule has 0 fully saturated rings. The van der Waals surface area contributed by atoms with Crippen LogP contribution in [0.25, 0.3) is 0 Å². The van der Waals surface area contributed by atoms with Gasteiger partial charge in [-0.2, -0.15) is 0 Å². The highest BCUT2D eigenvalue weighted by Crippen LogP contribution is 2.30. The average Bonchev–Trinajstić information content (AvgIpc) is 2.50. The number of para-hydroxylation sites is 1. The maximum absolute atomic E-state index is 11.6. The Kier molecular flexibility index (Phi) is 5.43. The molecule has 0 unspecified atom stereocenters. The summed E-state index contributed by atoms with van der Waals surface area (Å²) >= 11 is 5.98. The van der Waals surface area contributed by atoms with Crippen LogP contribution < -0.4 is 10.6 Å². The molecule has 23 heavy (non-hydrogen) atoms. The van der Waals surface area contributed by atoms with Crippen molar-refractivity contribution in [3.8, 4) is 0 Å². The van der Waals surface area contributed by atoms with Gasteiger partial charge in [0.1, 0.15) is 0 Å². The molecule has 0 aliphatic carbocycles. The number of aromatic carboxylic acids is 1. The van der Waals surface area contributed by atoms with Crippen molar-refractivity contribution in [2.24, 2.45) is 0 Å². The van der Waals surface area contributed by atoms with Gasteiger partial charge in [0.05, 0.1) is 29.2 Å². The molecule has 0 heterocycles. The van der Waals surface area contributed by atoms with Gasteiger partial charge in [0.25, 0.3) is 0 Å². The van der Waals surface area contributed by atoms with Crippen LogP contribution in [0, 0.1) is 0 Å². The SMILES string of the molecule is CCOC(=O)Nc1ccc(Cl)cc1Nc1ccccc1C(=O)O. The molecule has 120 valence electrons. The number of carboxylic acid groups (broad SMARTS) is 1. The highest BCUT2D eigenvalue weighted by molar-refractivity contribution is 6.31. The summed E-state index contributed by atoms with van der Waals surface area (Å²) in [7, 11) is 0. The molecular weight excluding hydrogens is 320 g/mol. The standard InChI is InChI=1S/C16H15ClN2O4/c1-2-23-16(22)19-13-8-7-10(17)9-14(13)18-12-6-4-3-5-11(12)15(20)21/h3-9,18H,2H2,1H3,(H,19,22)(H,20,21). The predicted octanol–water partition coefficient (Wildman–Crippen LogP) is 4.35. The van der Waals surface area contributed by atoms with Gasteiger partial charge < -0.3 is 15.2 Å². The summed E-state index contributed by atoms with van der Waals surface area (Å²) in [5.74, 6) is -1.06. The molecule has 6 nitrogen and oxygen atoms in total. The highest BCUT2D eigenvalue weighted by atomic mass is 35.5. The Bertz CT molecular complexity index is 734. The van der Waals surface area contributed by atoms with Crippen LogP contribution in [0.15, 0.2) is 42.5 Å². The Labute approximate surface area is 138 Å². The van der Waals surface area contributed by atoms with Crippen molar-refractivity contribution < 1.29 is 19.4 Å². The van der Waals surface area contributed by atoms with Gasteiger partial charge in [0, 0.05) is 5.02 Å². The van der Waals surface area contributed by atoms with Crippen molar-refractivity contribution >= 4 is 40.7 Å². The summed E-state index contributed by atoms with van der Waals surface area (Å²) in [6.07, 6.45) is -0.607. The van der Waals surface area contributed by atoms with E-state index in [-0.39, 0.29) is 12.2 Å². The molecule has 0 spiro atoms. The Morgan fingerprint density at radius 3 is 2.57 bits per heavy atom. The lowest BCUT2D eigenvalue weighted by atomic mass is 10.1. The molecule has 1 amide bonds. The van der Waals surface area contributed by atoms with E-state index >= 15 is 0 Å². The van der Waals surface area contributed by atoms with Crippen LogP contribution in [0.3, 0.4) is 0 Å². The summed E-state index contributed by atoms with van der Waals surface area (Å²) < 4.78 is 4.84. The van der Waals surface area contributed by atoms with Crippen molar-refractivity contribution in [1.82, 2.24) is 0 Å². The van der Waals surface area contributed by atoms with Crippen LogP contribution in [0.4, 0.5) is 21.9 Å². The third-order valence-electron chi connectivity index (χ3n) is 2.92. The van der Waals surface area contributed by atoms with Gasteiger partial charge in [-0.05, 0) is 37.3 Å². The zero-order valence-electron chi connectivity index (χ0n) is 12.3. The number of carboxylic acids is 1. The number of rotatable bonds is 5. The summed E-state index contributed by atoms with van der Waals surface area (Å²) in [5, 5.41) is 15.2. The first kappa shape index (κ1) is 16.6. The Morgan fingerprint density at radius 2 is 1.87 bits per heavy atom. The Hall–Kier alpha value is -2.73. The number of ether oxygens (including phenoxy) is 1. The molecule has 2 aromatic carbocycles. The molecule has 0 aromatic heterocycles. The van der Waals surface area contributed by atoms with Gasteiger partial charge in [0.15, 0.2) is 0 Å². The summed E-state index contributed by atoms with van der Waals surface area (Å²) in [6.45, 7) is 1.94. The molecule has 0 aliphatic rings. The molecule has 3 N–H and O–H groups in total. The van der Waals surface area contributed by atoms with Crippen molar-refractivity contribution in [3.05, 3.63) is 53.1 Å². The van der Waals surface area contributed by atoms with Crippen LogP contribution in [0.5, 0.6) is 0 Å². The topological polar surface area (TPSA) is 87.7 Å². The zero-order chi connectivity index (χ0) is 16.8. The van der Waals surface area contributed by atoms with E-state index < -0.39 is 12.1 Å². The zero-order valence-corrected chi connectivity index (χ0v) is 13.1. The second kappa shape index (κ2) is 7.51. The largest absolute Gasteiger partial charge is 0.478 e. The van der Waals surface area contributed by atoms with E-state index in [9.17, 15) is 14.7 Å². The van der Waals surface area contributed by atoms with Crippen molar-refractivity contribution in [2.75, 3.05) is 17.2 Å². The number of carbonyl (C=O) groups excluding carboxylic acids is 1. The van der Waals surface area contributed by atoms with Gasteiger partial charge in [-0.15, -0.1) is 0 Å². The van der Waals surface area contributed by atoms with Crippen LogP contribution in [0.2, 0.25) is 5.02 Å². The summed E-state index contributed by atoms with van der Waals surface area (Å²) in [4.78, 5) is 22.9. The van der Waals surface area contributed by atoms with Gasteiger partial charge in [-0.1, -0.05) is 23.7 Å². The lowest BCUT2D eigenvalue weighted by Crippen LogP contribution is -2.14. The number of amides is 1. The second-order valence-corrected chi connectivity index (χ2v) is 4.95. The molecule has 0 radical (unpaired) electrons. The Morgan fingerprint density at radius 1 is 1.13 bits per heavy atom. The Balaban J connectivity index is 2.34. The van der Waals surface area contributed by atoms with Crippen molar-refractivity contribution in [3.63, 3.8) is 0 Å². The van der Waals surface area contributed by atoms with Gasteiger partial charge in [-0.3, -0.25) is 5.32 Å². The number of anilines is 3. The van der Waals surface area contributed by atoms with Crippen LogP contribution in [-0.4, -0.2) is 23.8 Å². The fraction of sp³-hybridized carbons (Fsp3) is 0.125. The maximum atomic E-state index is 11.6. The van der Waals surface area contributed by atoms with Crippen LogP contribution >= 0.6 is 11.6 Å². The van der Waals surface area contributed by atoms with E-state index in [1.54, 1.807) is 43.3 Å². The molecule has 0 aliphatic heterocycles. The van der Waals surface area contributed by atoms with Gasteiger partial charge in [-0.25, -0.2) is 9.59 Å². The lowest BCUT2D eigenvalue weighted by Gasteiger charge is -2.15. The number of halogens is 1. The highest BCUT2D eigenvalue weighted by Gasteiger charge is 2.13. The fourth-order valence-corrected chi connectivity index (χ4v) is 2.10. The molecular formula is C16H15ClN2O4. The van der Waals surface area contributed by atoms with Gasteiger partial charge in [0.2, 0.25) is 0 Å². The summed E-state index contributed by atoms with van der Waals surface area (Å²) in [5.41, 5.74) is 1.37. The lowest BCUT2D eigenvalue weighted by molar-refractivity contribution is 0.0698. The number of benzene rings is 2. The predicted molar refractivity (Wildman–Crippen MR) is 88.8 cm³/mol. The third-order valence-corrected chi connectivity index (χ3v) is 3.16. The molecule has 0 atom stereocenters. The number of nitrogens with one attached hydrogen (secondary N) is 2. The quantitative estimate of drug-likeness (QED) is 0.756. The normalized spacial score (nSPS) is 10.0. The maximum Gasteiger partial charge on any atom is 0.411 e.